The number of benzene rings is 2. The number of esters is 2. The van der Waals surface area contributed by atoms with Crippen LogP contribution in [0.5, 0.6) is 0 Å². The fourth-order valence-electron chi connectivity index (χ4n) is 2.22. The summed E-state index contributed by atoms with van der Waals surface area (Å²) < 4.78 is 92.6. The summed E-state index contributed by atoms with van der Waals surface area (Å²) in [5, 5.41) is 0. The molecule has 138 valence electrons. The minimum Gasteiger partial charge on any atom is -0.465 e. The van der Waals surface area contributed by atoms with Gasteiger partial charge in [-0.25, -0.2) is 35.9 Å². The second-order valence-electron chi connectivity index (χ2n) is 4.79. The lowest BCUT2D eigenvalue weighted by molar-refractivity contribution is 0.0579. The molecule has 0 radical (unpaired) electrons. The van der Waals surface area contributed by atoms with E-state index in [1.54, 1.807) is 0 Å². The summed E-state index contributed by atoms with van der Waals surface area (Å²) in [7, 11) is 1.53. The lowest BCUT2D eigenvalue weighted by atomic mass is 9.97. The first-order valence-corrected chi connectivity index (χ1v) is 6.67. The van der Waals surface area contributed by atoms with Crippen LogP contribution in [0.4, 0.5) is 26.3 Å². The van der Waals surface area contributed by atoms with E-state index < -0.39 is 69.1 Å². The van der Waals surface area contributed by atoms with Crippen molar-refractivity contribution in [3.05, 3.63) is 58.2 Å². The van der Waals surface area contributed by atoms with Gasteiger partial charge in [-0.05, 0) is 0 Å². The Morgan fingerprint density at radius 1 is 0.654 bits per heavy atom. The summed E-state index contributed by atoms with van der Waals surface area (Å²) >= 11 is 0. The smallest absolute Gasteiger partial charge is 0.343 e. The van der Waals surface area contributed by atoms with Gasteiger partial charge in [0.25, 0.3) is 0 Å². The van der Waals surface area contributed by atoms with E-state index in [-0.39, 0.29) is 12.1 Å². The molecular weight excluding hydrogens is 370 g/mol. The molecule has 0 fully saturated rings. The lowest BCUT2D eigenvalue weighted by Crippen LogP contribution is -2.14. The molecular formula is C16H8F6O4. The van der Waals surface area contributed by atoms with Crippen LogP contribution in [0.25, 0.3) is 11.1 Å². The first kappa shape index (κ1) is 19.3. The molecule has 2 rings (SSSR count). The molecule has 0 aliphatic rings. The number of hydrogen-bond donors (Lipinski definition) is 0. The van der Waals surface area contributed by atoms with Gasteiger partial charge in [-0.1, -0.05) is 0 Å². The maximum atomic E-state index is 14.5. The molecule has 26 heavy (non-hydrogen) atoms. The number of carbonyl (C=O) groups excluding carboxylic acids is 2. The van der Waals surface area contributed by atoms with Gasteiger partial charge >= 0.3 is 11.9 Å². The van der Waals surface area contributed by atoms with E-state index in [0.29, 0.717) is 0 Å². The second kappa shape index (κ2) is 7.06. The average Bonchev–Trinajstić information content (AvgIpc) is 2.56. The molecule has 0 spiro atoms. The Balaban J connectivity index is 2.93. The summed E-state index contributed by atoms with van der Waals surface area (Å²) in [6.45, 7) is 0. The van der Waals surface area contributed by atoms with E-state index in [0.717, 1.165) is 14.2 Å². The second-order valence-corrected chi connectivity index (χ2v) is 4.79. The highest BCUT2D eigenvalue weighted by molar-refractivity contribution is 5.94. The molecule has 10 heteroatoms. The molecule has 0 aliphatic heterocycles. The molecule has 0 aromatic heterocycles. The Hall–Kier alpha value is -3.04. The van der Waals surface area contributed by atoms with Crippen molar-refractivity contribution in [2.75, 3.05) is 14.2 Å². The van der Waals surface area contributed by atoms with Gasteiger partial charge in [0.15, 0.2) is 11.6 Å². The third-order valence-electron chi connectivity index (χ3n) is 3.37. The Bertz CT molecular complexity index is 850. The first-order valence-electron chi connectivity index (χ1n) is 6.67. The Kier molecular flexibility index (Phi) is 5.24. The van der Waals surface area contributed by atoms with Gasteiger partial charge in [0, 0.05) is 12.1 Å². The summed E-state index contributed by atoms with van der Waals surface area (Å²) in [5.74, 6) is -14.1. The Morgan fingerprint density at radius 2 is 0.962 bits per heavy atom. The van der Waals surface area contributed by atoms with Gasteiger partial charge in [-0.2, -0.15) is 0 Å². The highest BCUT2D eigenvalue weighted by Gasteiger charge is 2.32. The molecule has 0 atom stereocenters. The molecule has 2 aromatic carbocycles. The van der Waals surface area contributed by atoms with Gasteiger partial charge in [0.1, 0.15) is 34.4 Å². The number of carbonyl (C=O) groups is 2. The molecule has 0 heterocycles. The van der Waals surface area contributed by atoms with Crippen molar-refractivity contribution >= 4 is 11.9 Å². The molecule has 0 saturated heterocycles. The van der Waals surface area contributed by atoms with Crippen molar-refractivity contribution in [3.8, 4) is 11.1 Å². The predicted octanol–water partition coefficient (Wildman–Crippen LogP) is 3.76. The molecule has 0 amide bonds. The number of ether oxygens (including phenoxy) is 2. The SMILES string of the molecule is COC(=O)c1c(F)cc(F)c(-c2c(F)cc(F)c(C(=O)OC)c2F)c1F. The number of rotatable bonds is 3. The monoisotopic (exact) mass is 378 g/mol. The van der Waals surface area contributed by atoms with E-state index in [4.69, 9.17) is 0 Å². The minimum atomic E-state index is -1.99. The molecule has 2 aromatic rings. The molecule has 0 aliphatic carbocycles. The van der Waals surface area contributed by atoms with Gasteiger partial charge in [-0.15, -0.1) is 0 Å². The van der Waals surface area contributed by atoms with Crippen molar-refractivity contribution in [2.24, 2.45) is 0 Å². The molecule has 0 unspecified atom stereocenters. The highest BCUT2D eigenvalue weighted by atomic mass is 19.2. The molecule has 0 saturated carbocycles. The predicted molar refractivity (Wildman–Crippen MR) is 74.3 cm³/mol. The molecule has 0 N–H and O–H groups in total. The van der Waals surface area contributed by atoms with E-state index in [1.165, 1.54) is 0 Å². The van der Waals surface area contributed by atoms with Crippen LogP contribution in [0, 0.1) is 34.9 Å². The Morgan fingerprint density at radius 3 is 1.23 bits per heavy atom. The number of hydrogen-bond acceptors (Lipinski definition) is 4. The van der Waals surface area contributed by atoms with Crippen LogP contribution in [0.3, 0.4) is 0 Å². The van der Waals surface area contributed by atoms with E-state index >= 15 is 0 Å². The molecule has 0 bridgehead atoms. The summed E-state index contributed by atoms with van der Waals surface area (Å²) in [6.07, 6.45) is 0. The van der Waals surface area contributed by atoms with Gasteiger partial charge in [0.2, 0.25) is 0 Å². The number of halogens is 6. The minimum absolute atomic E-state index is 0.00921. The van der Waals surface area contributed by atoms with E-state index in [1.807, 2.05) is 0 Å². The molecule has 4 nitrogen and oxygen atoms in total. The average molecular weight is 378 g/mol. The topological polar surface area (TPSA) is 52.6 Å². The van der Waals surface area contributed by atoms with Crippen molar-refractivity contribution in [1.82, 2.24) is 0 Å². The van der Waals surface area contributed by atoms with Crippen molar-refractivity contribution < 1.29 is 45.4 Å². The van der Waals surface area contributed by atoms with Gasteiger partial charge < -0.3 is 9.47 Å². The fourth-order valence-corrected chi connectivity index (χ4v) is 2.22. The summed E-state index contributed by atoms with van der Waals surface area (Å²) in [4.78, 5) is 22.9. The van der Waals surface area contributed by atoms with Gasteiger partial charge in [0.05, 0.1) is 25.3 Å². The van der Waals surface area contributed by atoms with Crippen molar-refractivity contribution in [1.29, 1.82) is 0 Å². The summed E-state index contributed by atoms with van der Waals surface area (Å²) in [5.41, 5.74) is -5.89. The van der Waals surface area contributed by atoms with Crippen LogP contribution in [0.1, 0.15) is 20.7 Å². The maximum Gasteiger partial charge on any atom is 0.343 e. The van der Waals surface area contributed by atoms with Crippen LogP contribution in [-0.4, -0.2) is 26.2 Å². The van der Waals surface area contributed by atoms with Gasteiger partial charge in [-0.3, -0.25) is 0 Å². The van der Waals surface area contributed by atoms with Crippen LogP contribution >= 0.6 is 0 Å². The standard InChI is InChI=1S/C16H8F6O4/c1-25-15(23)11-7(19)3-5(17)9(13(11)21)10-6(18)4-8(20)12(14(10)22)16(24)26-2/h3-4H,1-2H3. The zero-order valence-corrected chi connectivity index (χ0v) is 13.1. The van der Waals surface area contributed by atoms with Crippen LogP contribution < -0.4 is 0 Å². The maximum absolute atomic E-state index is 14.5. The zero-order valence-electron chi connectivity index (χ0n) is 13.1. The third kappa shape index (κ3) is 2.98. The van der Waals surface area contributed by atoms with Crippen LogP contribution in [-0.2, 0) is 9.47 Å². The highest BCUT2D eigenvalue weighted by Crippen LogP contribution is 2.36. The van der Waals surface area contributed by atoms with Crippen molar-refractivity contribution in [2.45, 2.75) is 0 Å². The fraction of sp³-hybridized carbons (Fsp3) is 0.125. The first-order chi connectivity index (χ1) is 12.1. The normalized spacial score (nSPS) is 10.6. The lowest BCUT2D eigenvalue weighted by Gasteiger charge is -2.13. The van der Waals surface area contributed by atoms with Crippen molar-refractivity contribution in [3.63, 3.8) is 0 Å². The van der Waals surface area contributed by atoms with Crippen LogP contribution in [0.15, 0.2) is 12.1 Å². The quantitative estimate of drug-likeness (QED) is 0.603. The van der Waals surface area contributed by atoms with E-state index in [2.05, 4.69) is 9.47 Å². The van der Waals surface area contributed by atoms with Crippen LogP contribution in [0.2, 0.25) is 0 Å². The summed E-state index contributed by atoms with van der Waals surface area (Å²) in [6, 6.07) is -0.0184. The Labute approximate surface area is 141 Å². The van der Waals surface area contributed by atoms with E-state index in [9.17, 15) is 35.9 Å². The zero-order chi connectivity index (χ0) is 19.8. The number of methoxy groups -OCH3 is 2. The third-order valence-corrected chi connectivity index (χ3v) is 3.37. The largest absolute Gasteiger partial charge is 0.465 e.